The van der Waals surface area contributed by atoms with Crippen molar-refractivity contribution < 1.29 is 18.3 Å². The molecule has 26 heavy (non-hydrogen) atoms. The number of aromatic nitrogens is 1. The van der Waals surface area contributed by atoms with Gasteiger partial charge in [0, 0.05) is 31.5 Å². The van der Waals surface area contributed by atoms with Gasteiger partial charge in [-0.2, -0.15) is 0 Å². The van der Waals surface area contributed by atoms with Crippen LogP contribution in [0.4, 0.5) is 14.5 Å². The Hall–Kier alpha value is -2.38. The van der Waals surface area contributed by atoms with Crippen molar-refractivity contribution in [3.05, 3.63) is 59.9 Å². The summed E-state index contributed by atoms with van der Waals surface area (Å²) in [5.74, 6) is -1.79. The van der Waals surface area contributed by atoms with Gasteiger partial charge in [0.15, 0.2) is 0 Å². The maximum atomic E-state index is 13.7. The van der Waals surface area contributed by atoms with Crippen LogP contribution in [0.2, 0.25) is 0 Å². The smallest absolute Gasteiger partial charge is 0.241 e. The van der Waals surface area contributed by atoms with Crippen LogP contribution in [0.5, 0.6) is 0 Å². The molecule has 1 aromatic heterocycles. The zero-order chi connectivity index (χ0) is 18.5. The van der Waals surface area contributed by atoms with E-state index in [-0.39, 0.29) is 17.7 Å². The highest BCUT2D eigenvalue weighted by atomic mass is 19.1. The molecule has 1 N–H and O–H groups in total. The van der Waals surface area contributed by atoms with Crippen LogP contribution in [-0.2, 0) is 16.1 Å². The molecule has 1 aromatic carbocycles. The van der Waals surface area contributed by atoms with E-state index in [1.54, 1.807) is 19.3 Å². The van der Waals surface area contributed by atoms with Gasteiger partial charge >= 0.3 is 0 Å². The van der Waals surface area contributed by atoms with Crippen LogP contribution in [-0.4, -0.2) is 41.0 Å². The Morgan fingerprint density at radius 3 is 2.85 bits per heavy atom. The summed E-state index contributed by atoms with van der Waals surface area (Å²) >= 11 is 0. The molecular weight excluding hydrogens is 340 g/mol. The van der Waals surface area contributed by atoms with E-state index in [0.717, 1.165) is 30.7 Å². The van der Waals surface area contributed by atoms with Crippen LogP contribution in [0, 0.1) is 11.6 Å². The quantitative estimate of drug-likeness (QED) is 0.859. The van der Waals surface area contributed by atoms with Crippen LogP contribution in [0.15, 0.2) is 42.7 Å². The van der Waals surface area contributed by atoms with Crippen LogP contribution in [0.25, 0.3) is 0 Å². The summed E-state index contributed by atoms with van der Waals surface area (Å²) < 4.78 is 32.5. The third-order valence-corrected chi connectivity index (χ3v) is 4.53. The lowest BCUT2D eigenvalue weighted by atomic mass is 10.2. The van der Waals surface area contributed by atoms with E-state index in [4.69, 9.17) is 4.74 Å². The fourth-order valence-electron chi connectivity index (χ4n) is 2.93. The van der Waals surface area contributed by atoms with Gasteiger partial charge in [0.05, 0.1) is 24.4 Å². The molecule has 2 atom stereocenters. The van der Waals surface area contributed by atoms with Gasteiger partial charge in [-0.25, -0.2) is 8.78 Å². The van der Waals surface area contributed by atoms with Gasteiger partial charge in [0.1, 0.15) is 11.6 Å². The zero-order valence-corrected chi connectivity index (χ0v) is 14.5. The van der Waals surface area contributed by atoms with Gasteiger partial charge in [-0.1, -0.05) is 0 Å². The molecule has 2 aromatic rings. The molecule has 1 aliphatic heterocycles. The Balaban J connectivity index is 1.50. The lowest BCUT2D eigenvalue weighted by Gasteiger charge is -2.23. The molecule has 0 radical (unpaired) electrons. The van der Waals surface area contributed by atoms with Crippen molar-refractivity contribution in [2.24, 2.45) is 0 Å². The van der Waals surface area contributed by atoms with E-state index in [1.807, 2.05) is 17.0 Å². The second kappa shape index (κ2) is 8.33. The number of rotatable bonds is 6. The molecule has 0 saturated carbocycles. The third-order valence-electron chi connectivity index (χ3n) is 4.53. The number of halogens is 2. The van der Waals surface area contributed by atoms with Crippen molar-refractivity contribution in [1.82, 2.24) is 9.88 Å². The minimum atomic E-state index is -0.787. The molecule has 2 unspecified atom stereocenters. The average molecular weight is 361 g/mol. The van der Waals surface area contributed by atoms with E-state index >= 15 is 0 Å². The second-order valence-corrected chi connectivity index (χ2v) is 6.36. The number of benzene rings is 1. The van der Waals surface area contributed by atoms with Crippen molar-refractivity contribution in [1.29, 1.82) is 0 Å². The van der Waals surface area contributed by atoms with Gasteiger partial charge in [-0.05, 0) is 43.2 Å². The fraction of sp³-hybridized carbons (Fsp3) is 0.368. The van der Waals surface area contributed by atoms with E-state index in [9.17, 15) is 13.6 Å². The number of nitrogens with zero attached hydrogens (tertiary/aromatic N) is 2. The second-order valence-electron chi connectivity index (χ2n) is 6.36. The van der Waals surface area contributed by atoms with Gasteiger partial charge in [0.25, 0.3) is 0 Å². The number of nitrogens with one attached hydrogen (secondary N) is 1. The van der Waals surface area contributed by atoms with Crippen molar-refractivity contribution >= 4 is 11.6 Å². The summed E-state index contributed by atoms with van der Waals surface area (Å²) in [6.07, 6.45) is 4.32. The molecule has 5 nitrogen and oxygen atoms in total. The number of hydrogen-bond acceptors (Lipinski definition) is 4. The number of amides is 1. The van der Waals surface area contributed by atoms with E-state index in [0.29, 0.717) is 13.2 Å². The van der Waals surface area contributed by atoms with Crippen LogP contribution < -0.4 is 5.32 Å². The summed E-state index contributed by atoms with van der Waals surface area (Å²) in [4.78, 5) is 18.3. The predicted molar refractivity (Wildman–Crippen MR) is 93.5 cm³/mol. The molecule has 0 spiro atoms. The lowest BCUT2D eigenvalue weighted by molar-refractivity contribution is -0.120. The molecule has 3 rings (SSSR count). The highest BCUT2D eigenvalue weighted by molar-refractivity contribution is 5.94. The van der Waals surface area contributed by atoms with Gasteiger partial charge in [0.2, 0.25) is 5.91 Å². The highest BCUT2D eigenvalue weighted by Gasteiger charge is 2.30. The van der Waals surface area contributed by atoms with Crippen molar-refractivity contribution in [3.63, 3.8) is 0 Å². The van der Waals surface area contributed by atoms with Gasteiger partial charge < -0.3 is 10.1 Å². The zero-order valence-electron chi connectivity index (χ0n) is 14.5. The number of pyridine rings is 1. The summed E-state index contributed by atoms with van der Waals surface area (Å²) in [7, 11) is 0. The number of ether oxygens (including phenoxy) is 1. The number of likely N-dealkylation sites (tertiary alicyclic amines) is 1. The van der Waals surface area contributed by atoms with Crippen molar-refractivity contribution in [2.75, 3.05) is 18.4 Å². The number of anilines is 1. The predicted octanol–water partition coefficient (Wildman–Crippen LogP) is 2.98. The Labute approximate surface area is 151 Å². The first-order valence-corrected chi connectivity index (χ1v) is 8.53. The molecule has 1 saturated heterocycles. The SMILES string of the molecule is CC(C(=O)Nc1ccc(F)cc1F)N1CCC(OCc2ccncc2)C1. The summed E-state index contributed by atoms with van der Waals surface area (Å²) in [6.45, 7) is 3.62. The molecule has 1 amide bonds. The molecule has 0 bridgehead atoms. The monoisotopic (exact) mass is 361 g/mol. The normalized spacial score (nSPS) is 18.7. The molecule has 138 valence electrons. The highest BCUT2D eigenvalue weighted by Crippen LogP contribution is 2.19. The Kier molecular flexibility index (Phi) is 5.90. The summed E-state index contributed by atoms with van der Waals surface area (Å²) in [6, 6.07) is 6.45. The molecule has 7 heteroatoms. The summed E-state index contributed by atoms with van der Waals surface area (Å²) in [5.41, 5.74) is 1.03. The molecule has 0 aliphatic carbocycles. The number of carbonyl (C=O) groups is 1. The lowest BCUT2D eigenvalue weighted by Crippen LogP contribution is -2.41. The van der Waals surface area contributed by atoms with E-state index < -0.39 is 17.7 Å². The molecule has 1 fully saturated rings. The van der Waals surface area contributed by atoms with E-state index in [1.165, 1.54) is 6.07 Å². The largest absolute Gasteiger partial charge is 0.372 e. The van der Waals surface area contributed by atoms with Crippen LogP contribution in [0.1, 0.15) is 18.9 Å². The van der Waals surface area contributed by atoms with Crippen molar-refractivity contribution in [2.45, 2.75) is 32.1 Å². The number of carbonyl (C=O) groups excluding carboxylic acids is 1. The number of hydrogen-bond donors (Lipinski definition) is 1. The fourth-order valence-corrected chi connectivity index (χ4v) is 2.93. The van der Waals surface area contributed by atoms with Gasteiger partial charge in [-0.15, -0.1) is 0 Å². The van der Waals surface area contributed by atoms with Crippen LogP contribution in [0.3, 0.4) is 0 Å². The first-order valence-electron chi connectivity index (χ1n) is 8.53. The Morgan fingerprint density at radius 2 is 2.12 bits per heavy atom. The first-order chi connectivity index (χ1) is 12.5. The Morgan fingerprint density at radius 1 is 1.35 bits per heavy atom. The Bertz CT molecular complexity index is 758. The molecule has 2 heterocycles. The minimum absolute atomic E-state index is 0.0204. The minimum Gasteiger partial charge on any atom is -0.372 e. The molecular formula is C19H21F2N3O2. The molecule has 1 aliphatic rings. The van der Waals surface area contributed by atoms with Gasteiger partial charge in [-0.3, -0.25) is 14.7 Å². The standard InChI is InChI=1S/C19H21F2N3O2/c1-13(19(25)23-18-3-2-15(20)10-17(18)21)24-9-6-16(11-24)26-12-14-4-7-22-8-5-14/h2-5,7-8,10,13,16H,6,9,11-12H2,1H3,(H,23,25). The maximum absolute atomic E-state index is 13.7. The maximum Gasteiger partial charge on any atom is 0.241 e. The average Bonchev–Trinajstić information content (AvgIpc) is 3.11. The third kappa shape index (κ3) is 4.62. The first kappa shape index (κ1) is 18.4. The van der Waals surface area contributed by atoms with E-state index in [2.05, 4.69) is 10.3 Å². The van der Waals surface area contributed by atoms with Crippen molar-refractivity contribution in [3.8, 4) is 0 Å². The van der Waals surface area contributed by atoms with Crippen LogP contribution >= 0.6 is 0 Å². The topological polar surface area (TPSA) is 54.5 Å². The summed E-state index contributed by atoms with van der Waals surface area (Å²) in [5, 5.41) is 2.52.